The average Bonchev–Trinajstić information content (AvgIpc) is 2.88. The number of carbonyl (C=O) groups is 2. The fourth-order valence-electron chi connectivity index (χ4n) is 4.75. The van der Waals surface area contributed by atoms with Crippen LogP contribution in [0.25, 0.3) is 0 Å². The van der Waals surface area contributed by atoms with E-state index in [2.05, 4.69) is 16.3 Å². The van der Waals surface area contributed by atoms with Crippen molar-refractivity contribution in [1.82, 2.24) is 10.2 Å². The van der Waals surface area contributed by atoms with Gasteiger partial charge in [-0.05, 0) is 60.6 Å². The number of nitrogens with one attached hydrogen (secondary N) is 1. The van der Waals surface area contributed by atoms with E-state index in [0.717, 1.165) is 42.8 Å². The minimum Gasteiger partial charge on any atom is -0.497 e. The van der Waals surface area contributed by atoms with Crippen LogP contribution in [0.4, 0.5) is 0 Å². The van der Waals surface area contributed by atoms with Gasteiger partial charge in [-0.3, -0.25) is 14.5 Å². The summed E-state index contributed by atoms with van der Waals surface area (Å²) in [6, 6.07) is 14.1. The number of benzene rings is 2. The van der Waals surface area contributed by atoms with Crippen LogP contribution >= 0.6 is 0 Å². The molecule has 1 amide bonds. The first-order valence-electron chi connectivity index (χ1n) is 12.0. The van der Waals surface area contributed by atoms with Crippen LogP contribution in [0.1, 0.15) is 58.8 Å². The molecule has 1 atom stereocenters. The lowest BCUT2D eigenvalue weighted by molar-refractivity contribution is -0.121. The number of methoxy groups -OCH3 is 1. The highest BCUT2D eigenvalue weighted by atomic mass is 16.5. The second-order valence-electron chi connectivity index (χ2n) is 8.86. The molecule has 0 saturated carbocycles. The Kier molecular flexibility index (Phi) is 8.13. The summed E-state index contributed by atoms with van der Waals surface area (Å²) in [5.41, 5.74) is 4.52. The van der Waals surface area contributed by atoms with Gasteiger partial charge in [0.25, 0.3) is 0 Å². The number of fused-ring (bicyclic) bond motifs is 1. The second-order valence-corrected chi connectivity index (χ2v) is 8.86. The van der Waals surface area contributed by atoms with Crippen molar-refractivity contribution in [3.05, 3.63) is 64.7 Å². The van der Waals surface area contributed by atoms with Gasteiger partial charge >= 0.3 is 0 Å². The van der Waals surface area contributed by atoms with Crippen molar-refractivity contribution in [2.24, 2.45) is 0 Å². The number of carbonyl (C=O) groups excluding carboxylic acids is 2. The van der Waals surface area contributed by atoms with E-state index in [1.165, 1.54) is 24.0 Å². The minimum atomic E-state index is -0.0897. The van der Waals surface area contributed by atoms with Gasteiger partial charge in [0.2, 0.25) is 5.91 Å². The van der Waals surface area contributed by atoms with E-state index in [0.29, 0.717) is 19.8 Å². The van der Waals surface area contributed by atoms with Gasteiger partial charge in [-0.2, -0.15) is 0 Å². The quantitative estimate of drug-likeness (QED) is 0.590. The van der Waals surface area contributed by atoms with E-state index < -0.39 is 0 Å². The van der Waals surface area contributed by atoms with Crippen molar-refractivity contribution in [3.63, 3.8) is 0 Å². The molecule has 1 aliphatic carbocycles. The number of Topliss-reactive ketones (excluding diaryl/α,β-unsaturated/α-hetero) is 1. The normalized spacial score (nSPS) is 17.1. The van der Waals surface area contributed by atoms with Gasteiger partial charge in [0.1, 0.15) is 5.75 Å². The number of rotatable bonds is 9. The molecule has 2 aromatic rings. The fourth-order valence-corrected chi connectivity index (χ4v) is 4.75. The highest BCUT2D eigenvalue weighted by Crippen LogP contribution is 2.25. The molecule has 0 bridgehead atoms. The van der Waals surface area contributed by atoms with E-state index in [1.807, 2.05) is 36.4 Å². The maximum absolute atomic E-state index is 12.7. The van der Waals surface area contributed by atoms with Crippen LogP contribution in [0, 0.1) is 0 Å². The first kappa shape index (κ1) is 23.5. The number of aryl methyl sites for hydroxylation is 2. The summed E-state index contributed by atoms with van der Waals surface area (Å²) in [5, 5.41) is 3.06. The van der Waals surface area contributed by atoms with Crippen LogP contribution in [0.15, 0.2) is 42.5 Å². The standard InChI is InChI=1S/C27H34N2O4/c1-32-24-10-8-21(9-11-24)25(29-14-16-33-17-15-29)19-28-27(31)13-12-26(30)23-7-6-20-4-2-3-5-22(20)18-23/h6-11,18,25H,2-5,12-17,19H2,1H3,(H,28,31)/t25-/m1/s1. The predicted molar refractivity (Wildman–Crippen MR) is 128 cm³/mol. The Hall–Kier alpha value is -2.70. The zero-order chi connectivity index (χ0) is 23.0. The molecule has 2 aliphatic rings. The third-order valence-electron chi connectivity index (χ3n) is 6.73. The maximum atomic E-state index is 12.7. The predicted octanol–water partition coefficient (Wildman–Crippen LogP) is 3.73. The number of ketones is 1. The van der Waals surface area contributed by atoms with Crippen LogP contribution in [0.3, 0.4) is 0 Å². The van der Waals surface area contributed by atoms with Crippen molar-refractivity contribution in [2.75, 3.05) is 40.0 Å². The van der Waals surface area contributed by atoms with Gasteiger partial charge in [0, 0.05) is 38.0 Å². The molecule has 176 valence electrons. The van der Waals surface area contributed by atoms with Crippen LogP contribution in [0.2, 0.25) is 0 Å². The summed E-state index contributed by atoms with van der Waals surface area (Å²) < 4.78 is 10.8. The molecule has 1 heterocycles. The van der Waals surface area contributed by atoms with Crippen molar-refractivity contribution in [1.29, 1.82) is 0 Å². The monoisotopic (exact) mass is 450 g/mol. The zero-order valence-corrected chi connectivity index (χ0v) is 19.5. The second kappa shape index (κ2) is 11.4. The van der Waals surface area contributed by atoms with Crippen LogP contribution in [-0.4, -0.2) is 56.5 Å². The smallest absolute Gasteiger partial charge is 0.220 e. The zero-order valence-electron chi connectivity index (χ0n) is 19.5. The van der Waals surface area contributed by atoms with Gasteiger partial charge in [0.15, 0.2) is 5.78 Å². The number of amides is 1. The lowest BCUT2D eigenvalue weighted by Gasteiger charge is -2.35. The number of morpholine rings is 1. The summed E-state index contributed by atoms with van der Waals surface area (Å²) in [4.78, 5) is 27.6. The molecule has 1 fully saturated rings. The Labute approximate surface area is 196 Å². The molecule has 4 rings (SSSR count). The van der Waals surface area contributed by atoms with Gasteiger partial charge in [-0.25, -0.2) is 0 Å². The fraction of sp³-hybridized carbons (Fsp3) is 0.481. The number of hydrogen-bond acceptors (Lipinski definition) is 5. The minimum absolute atomic E-state index is 0.0402. The van der Waals surface area contributed by atoms with Crippen LogP contribution in [0.5, 0.6) is 5.75 Å². The van der Waals surface area contributed by atoms with Gasteiger partial charge < -0.3 is 14.8 Å². The molecule has 0 radical (unpaired) electrons. The Morgan fingerprint density at radius 1 is 1.00 bits per heavy atom. The van der Waals surface area contributed by atoms with E-state index in [9.17, 15) is 9.59 Å². The third-order valence-corrected chi connectivity index (χ3v) is 6.73. The van der Waals surface area contributed by atoms with Crippen molar-refractivity contribution >= 4 is 11.7 Å². The Balaban J connectivity index is 1.32. The molecular weight excluding hydrogens is 416 g/mol. The number of hydrogen-bond donors (Lipinski definition) is 1. The molecule has 0 aromatic heterocycles. The highest BCUT2D eigenvalue weighted by molar-refractivity contribution is 5.98. The molecule has 1 saturated heterocycles. The molecule has 0 unspecified atom stereocenters. The van der Waals surface area contributed by atoms with Gasteiger partial charge in [0.05, 0.1) is 26.4 Å². The van der Waals surface area contributed by atoms with Crippen molar-refractivity contribution in [2.45, 2.75) is 44.6 Å². The average molecular weight is 451 g/mol. The topological polar surface area (TPSA) is 67.9 Å². The third kappa shape index (κ3) is 6.21. The largest absolute Gasteiger partial charge is 0.497 e. The maximum Gasteiger partial charge on any atom is 0.220 e. The van der Waals surface area contributed by atoms with E-state index in [1.54, 1.807) is 7.11 Å². The molecule has 1 aliphatic heterocycles. The first-order chi connectivity index (χ1) is 16.1. The van der Waals surface area contributed by atoms with Crippen LogP contribution in [-0.2, 0) is 22.4 Å². The summed E-state index contributed by atoms with van der Waals surface area (Å²) >= 11 is 0. The number of ether oxygens (including phenoxy) is 2. The lowest BCUT2D eigenvalue weighted by atomic mass is 9.89. The summed E-state index contributed by atoms with van der Waals surface area (Å²) in [7, 11) is 1.65. The van der Waals surface area contributed by atoms with E-state index >= 15 is 0 Å². The molecule has 0 spiro atoms. The van der Waals surface area contributed by atoms with E-state index in [-0.39, 0.29) is 30.6 Å². The van der Waals surface area contributed by atoms with Crippen LogP contribution < -0.4 is 10.1 Å². The molecule has 2 aromatic carbocycles. The summed E-state index contributed by atoms with van der Waals surface area (Å²) in [5.74, 6) is 0.760. The SMILES string of the molecule is COc1ccc([C@@H](CNC(=O)CCC(=O)c2ccc3c(c2)CCCC3)N2CCOCC2)cc1. The molecule has 1 N–H and O–H groups in total. The van der Waals surface area contributed by atoms with Crippen molar-refractivity contribution < 1.29 is 19.1 Å². The molecular formula is C27H34N2O4. The molecule has 33 heavy (non-hydrogen) atoms. The Bertz CT molecular complexity index is 951. The molecule has 6 heteroatoms. The Morgan fingerprint density at radius 2 is 1.73 bits per heavy atom. The molecule has 6 nitrogen and oxygen atoms in total. The summed E-state index contributed by atoms with van der Waals surface area (Å²) in [6.07, 6.45) is 4.99. The lowest BCUT2D eigenvalue weighted by Crippen LogP contribution is -2.43. The van der Waals surface area contributed by atoms with E-state index in [4.69, 9.17) is 9.47 Å². The van der Waals surface area contributed by atoms with Crippen molar-refractivity contribution in [3.8, 4) is 5.75 Å². The highest BCUT2D eigenvalue weighted by Gasteiger charge is 2.23. The van der Waals surface area contributed by atoms with Gasteiger partial charge in [-0.15, -0.1) is 0 Å². The summed E-state index contributed by atoms with van der Waals surface area (Å²) in [6.45, 7) is 3.52. The number of nitrogens with zero attached hydrogens (tertiary/aromatic N) is 1. The van der Waals surface area contributed by atoms with Gasteiger partial charge in [-0.1, -0.05) is 24.3 Å². The Morgan fingerprint density at radius 3 is 2.45 bits per heavy atom. The first-order valence-corrected chi connectivity index (χ1v) is 12.0.